The molecule has 2 rings (SSSR count). The van der Waals surface area contributed by atoms with E-state index >= 15 is 0 Å². The van der Waals surface area contributed by atoms with Crippen molar-refractivity contribution in [1.82, 2.24) is 4.90 Å². The Balaban J connectivity index is 2.22. The summed E-state index contributed by atoms with van der Waals surface area (Å²) < 4.78 is 13.4. The molecule has 0 radical (unpaired) electrons. The molecule has 110 valence electrons. The maximum atomic E-state index is 13.4. The zero-order valence-corrected chi connectivity index (χ0v) is 12.0. The maximum Gasteiger partial charge on any atom is 0.170 e. The van der Waals surface area contributed by atoms with Crippen molar-refractivity contribution in [3.63, 3.8) is 0 Å². The number of nitrogens with two attached hydrogens (primary N) is 1. The van der Waals surface area contributed by atoms with Crippen LogP contribution < -0.4 is 5.73 Å². The van der Waals surface area contributed by atoms with Gasteiger partial charge in [-0.15, -0.1) is 0 Å². The topological polar surface area (TPSA) is 61.8 Å². The number of nitrogens with zero attached hydrogens (tertiary/aromatic N) is 2. The van der Waals surface area contributed by atoms with Gasteiger partial charge in [0.2, 0.25) is 0 Å². The van der Waals surface area contributed by atoms with Crippen molar-refractivity contribution in [2.45, 2.75) is 39.3 Å². The monoisotopic (exact) mass is 279 g/mol. The lowest BCUT2D eigenvalue weighted by Crippen LogP contribution is -2.30. The molecule has 1 aliphatic carbocycles. The van der Waals surface area contributed by atoms with Crippen molar-refractivity contribution in [2.24, 2.45) is 16.8 Å². The molecule has 1 aliphatic rings. The molecule has 1 aromatic rings. The van der Waals surface area contributed by atoms with Gasteiger partial charge in [0.25, 0.3) is 0 Å². The van der Waals surface area contributed by atoms with Gasteiger partial charge >= 0.3 is 0 Å². The molecular weight excluding hydrogens is 257 g/mol. The Morgan fingerprint density at radius 2 is 2.20 bits per heavy atom. The van der Waals surface area contributed by atoms with Crippen LogP contribution in [-0.2, 0) is 6.54 Å². The fraction of sp³-hybridized carbons (Fsp3) is 0.533. The van der Waals surface area contributed by atoms with Crippen LogP contribution in [0.5, 0.6) is 0 Å². The third kappa shape index (κ3) is 3.70. The Kier molecular flexibility index (Phi) is 4.60. The summed E-state index contributed by atoms with van der Waals surface area (Å²) in [6, 6.07) is 5.08. The van der Waals surface area contributed by atoms with Crippen LogP contribution in [0.25, 0.3) is 0 Å². The van der Waals surface area contributed by atoms with Crippen molar-refractivity contribution in [3.8, 4) is 0 Å². The Bertz CT molecular complexity index is 498. The van der Waals surface area contributed by atoms with E-state index in [2.05, 4.69) is 23.9 Å². The van der Waals surface area contributed by atoms with Crippen LogP contribution in [0.2, 0.25) is 0 Å². The number of benzene rings is 1. The number of halogens is 1. The van der Waals surface area contributed by atoms with Gasteiger partial charge in [-0.2, -0.15) is 0 Å². The molecule has 0 aromatic heterocycles. The van der Waals surface area contributed by atoms with Gasteiger partial charge in [-0.1, -0.05) is 25.1 Å². The second-order valence-electron chi connectivity index (χ2n) is 5.84. The van der Waals surface area contributed by atoms with Crippen LogP contribution in [-0.4, -0.2) is 28.5 Å². The van der Waals surface area contributed by atoms with E-state index in [1.165, 1.54) is 25.0 Å². The van der Waals surface area contributed by atoms with E-state index in [1.807, 2.05) is 0 Å². The van der Waals surface area contributed by atoms with E-state index in [0.717, 1.165) is 12.1 Å². The molecule has 5 heteroatoms. The van der Waals surface area contributed by atoms with E-state index in [9.17, 15) is 4.39 Å². The second-order valence-corrected chi connectivity index (χ2v) is 5.84. The molecule has 4 nitrogen and oxygen atoms in total. The molecule has 0 saturated heterocycles. The summed E-state index contributed by atoms with van der Waals surface area (Å²) in [5.41, 5.74) is 7.02. The van der Waals surface area contributed by atoms with Crippen molar-refractivity contribution < 1.29 is 9.60 Å². The van der Waals surface area contributed by atoms with Gasteiger partial charge in [0.1, 0.15) is 5.82 Å². The average molecular weight is 279 g/mol. The molecule has 0 aliphatic heterocycles. The first-order valence-electron chi connectivity index (χ1n) is 7.01. The van der Waals surface area contributed by atoms with Gasteiger partial charge < -0.3 is 10.9 Å². The molecule has 1 saturated carbocycles. The zero-order valence-electron chi connectivity index (χ0n) is 12.0. The second kappa shape index (κ2) is 6.22. The lowest BCUT2D eigenvalue weighted by Gasteiger charge is -2.25. The number of hydrogen-bond donors (Lipinski definition) is 2. The third-order valence-corrected chi connectivity index (χ3v) is 3.49. The van der Waals surface area contributed by atoms with E-state index in [-0.39, 0.29) is 11.7 Å². The Morgan fingerprint density at radius 3 is 2.75 bits per heavy atom. The van der Waals surface area contributed by atoms with Gasteiger partial charge in [0, 0.05) is 24.7 Å². The molecular formula is C15H22FN3O. The average Bonchev–Trinajstić information content (AvgIpc) is 3.22. The number of rotatable bonds is 6. The molecule has 1 fully saturated rings. The zero-order chi connectivity index (χ0) is 14.7. The van der Waals surface area contributed by atoms with Gasteiger partial charge in [-0.25, -0.2) is 4.39 Å². The van der Waals surface area contributed by atoms with Crippen molar-refractivity contribution in [3.05, 3.63) is 35.1 Å². The van der Waals surface area contributed by atoms with Crippen LogP contribution in [0.4, 0.5) is 4.39 Å². The van der Waals surface area contributed by atoms with E-state index < -0.39 is 0 Å². The van der Waals surface area contributed by atoms with E-state index in [1.54, 1.807) is 6.07 Å². The number of hydrogen-bond acceptors (Lipinski definition) is 3. The quantitative estimate of drug-likeness (QED) is 0.364. The van der Waals surface area contributed by atoms with E-state index in [4.69, 9.17) is 10.9 Å². The van der Waals surface area contributed by atoms with Crippen LogP contribution >= 0.6 is 0 Å². The Morgan fingerprint density at radius 1 is 1.50 bits per heavy atom. The first kappa shape index (κ1) is 14.8. The highest BCUT2D eigenvalue weighted by atomic mass is 19.1. The van der Waals surface area contributed by atoms with Gasteiger partial charge in [0.05, 0.1) is 0 Å². The Labute approximate surface area is 119 Å². The minimum Gasteiger partial charge on any atom is -0.409 e. The van der Waals surface area contributed by atoms with Gasteiger partial charge in [-0.3, -0.25) is 4.90 Å². The largest absolute Gasteiger partial charge is 0.409 e. The summed E-state index contributed by atoms with van der Waals surface area (Å²) in [6.45, 7) is 6.07. The first-order valence-corrected chi connectivity index (χ1v) is 7.01. The Hall–Kier alpha value is -1.62. The summed E-state index contributed by atoms with van der Waals surface area (Å²) >= 11 is 0. The molecule has 0 unspecified atom stereocenters. The standard InChI is InChI=1S/C15H22FN3O/c1-10(2)8-19(13-5-6-13)9-11-3-4-12(16)7-14(11)15(17)18-20/h3-4,7,10,13,20H,5-6,8-9H2,1-2H3,(H2,17,18). The lowest BCUT2D eigenvalue weighted by atomic mass is 10.0. The van der Waals surface area contributed by atoms with Crippen molar-refractivity contribution >= 4 is 5.84 Å². The van der Waals surface area contributed by atoms with Crippen LogP contribution in [0.15, 0.2) is 23.4 Å². The predicted octanol–water partition coefficient (Wildman–Crippen LogP) is 2.54. The van der Waals surface area contributed by atoms with Crippen molar-refractivity contribution in [2.75, 3.05) is 6.54 Å². The summed E-state index contributed by atoms with van der Waals surface area (Å²) in [5, 5.41) is 11.8. The van der Waals surface area contributed by atoms with Crippen LogP contribution in [0.3, 0.4) is 0 Å². The lowest BCUT2D eigenvalue weighted by molar-refractivity contribution is 0.226. The maximum absolute atomic E-state index is 13.4. The SMILES string of the molecule is CC(C)CN(Cc1ccc(F)cc1C(N)=NO)C1CC1. The minimum absolute atomic E-state index is 0.0419. The number of amidine groups is 1. The first-order chi connectivity index (χ1) is 9.51. The molecule has 20 heavy (non-hydrogen) atoms. The third-order valence-electron chi connectivity index (χ3n) is 3.49. The van der Waals surface area contributed by atoms with E-state index in [0.29, 0.717) is 24.1 Å². The summed E-state index contributed by atoms with van der Waals surface area (Å²) in [5.74, 6) is 0.153. The fourth-order valence-electron chi connectivity index (χ4n) is 2.45. The molecule has 3 N–H and O–H groups in total. The fourth-order valence-corrected chi connectivity index (χ4v) is 2.45. The van der Waals surface area contributed by atoms with Crippen LogP contribution in [0.1, 0.15) is 37.8 Å². The highest BCUT2D eigenvalue weighted by molar-refractivity contribution is 5.98. The molecule has 0 atom stereocenters. The van der Waals surface area contributed by atoms with Gasteiger partial charge in [-0.05, 0) is 36.5 Å². The van der Waals surface area contributed by atoms with Crippen molar-refractivity contribution in [1.29, 1.82) is 0 Å². The summed E-state index contributed by atoms with van der Waals surface area (Å²) in [4.78, 5) is 2.39. The molecule has 0 amide bonds. The molecule has 0 spiro atoms. The molecule has 0 bridgehead atoms. The number of oxime groups is 1. The summed E-state index contributed by atoms with van der Waals surface area (Å²) in [7, 11) is 0. The summed E-state index contributed by atoms with van der Waals surface area (Å²) in [6.07, 6.45) is 2.43. The smallest absolute Gasteiger partial charge is 0.170 e. The molecule has 0 heterocycles. The normalized spacial score (nSPS) is 16.1. The molecule has 1 aromatic carbocycles. The highest BCUT2D eigenvalue weighted by Gasteiger charge is 2.29. The van der Waals surface area contributed by atoms with Gasteiger partial charge in [0.15, 0.2) is 5.84 Å². The minimum atomic E-state index is -0.378. The highest BCUT2D eigenvalue weighted by Crippen LogP contribution is 2.29. The van der Waals surface area contributed by atoms with Crippen LogP contribution in [0, 0.1) is 11.7 Å². The predicted molar refractivity (Wildman–Crippen MR) is 77.2 cm³/mol.